The van der Waals surface area contributed by atoms with Gasteiger partial charge in [0, 0.05) is 0 Å². The molecule has 1 aliphatic rings. The molecule has 0 aromatic carbocycles. The summed E-state index contributed by atoms with van der Waals surface area (Å²) >= 11 is -1.89. The Kier molecular flexibility index (Phi) is 2.11. The second-order valence-corrected chi connectivity index (χ2v) is 6.51. The van der Waals surface area contributed by atoms with Gasteiger partial charge in [0.25, 0.3) is 0 Å². The molecule has 4 heteroatoms. The van der Waals surface area contributed by atoms with Crippen LogP contribution < -0.4 is 0 Å². The molecule has 0 radical (unpaired) electrons. The van der Waals surface area contributed by atoms with Gasteiger partial charge in [-0.05, 0) is 0 Å². The molecule has 0 spiro atoms. The fraction of sp³-hybridized carbons (Fsp3) is 1.00. The first-order chi connectivity index (χ1) is 4.35. The van der Waals surface area contributed by atoms with Crippen molar-refractivity contribution < 1.29 is 7.45 Å². The zero-order valence-electron chi connectivity index (χ0n) is 6.64. The summed E-state index contributed by atoms with van der Waals surface area (Å²) in [6.45, 7) is 8.02. The van der Waals surface area contributed by atoms with Crippen molar-refractivity contribution in [1.29, 1.82) is 0 Å². The predicted molar refractivity (Wildman–Crippen MR) is 41.9 cm³/mol. The molecule has 1 heterocycles. The summed E-state index contributed by atoms with van der Waals surface area (Å²) in [6, 6.07) is 0. The monoisotopic (exact) mass is 226 g/mol. The van der Waals surface area contributed by atoms with Crippen LogP contribution in [0.15, 0.2) is 0 Å². The number of hydrogen-bond donors (Lipinski definition) is 0. The van der Waals surface area contributed by atoms with E-state index in [1.807, 2.05) is 27.7 Å². The molecule has 1 rings (SSSR count). The molecule has 0 saturated carbocycles. The number of hydrogen-bond acceptors (Lipinski definition) is 2. The fourth-order valence-corrected chi connectivity index (χ4v) is 4.90. The van der Waals surface area contributed by atoms with Crippen molar-refractivity contribution in [2.24, 2.45) is 0 Å². The van der Waals surface area contributed by atoms with Crippen LogP contribution in [0.4, 0.5) is 0 Å². The molecule has 0 atom stereocenters. The van der Waals surface area contributed by atoms with E-state index in [0.717, 1.165) is 0 Å². The van der Waals surface area contributed by atoms with Crippen molar-refractivity contribution in [2.45, 2.75) is 38.9 Å². The molecule has 10 heavy (non-hydrogen) atoms. The van der Waals surface area contributed by atoms with Crippen LogP contribution in [-0.2, 0) is 7.45 Å². The first-order valence-corrected chi connectivity index (χ1v) is 7.19. The van der Waals surface area contributed by atoms with Gasteiger partial charge in [-0.25, -0.2) is 0 Å². The minimum absolute atomic E-state index is 0.227. The first kappa shape index (κ1) is 8.86. The van der Waals surface area contributed by atoms with Gasteiger partial charge in [-0.2, -0.15) is 0 Å². The predicted octanol–water partition coefficient (Wildman–Crippen LogP) is 1.81. The zero-order valence-corrected chi connectivity index (χ0v) is 9.27. The van der Waals surface area contributed by atoms with Gasteiger partial charge in [0.2, 0.25) is 0 Å². The summed E-state index contributed by atoms with van der Waals surface area (Å²) in [5.74, 6) is 0. The normalized spacial score (nSPS) is 30.9. The third kappa shape index (κ3) is 1.35. The molecule has 0 unspecified atom stereocenters. The van der Waals surface area contributed by atoms with E-state index in [4.69, 9.17) is 17.4 Å². The molecule has 0 amide bonds. The average molecular weight is 227 g/mol. The SMILES string of the molecule is CC1(C)O[As](Cl)OC1(C)C. The molecule has 0 N–H and O–H groups in total. The minimum atomic E-state index is -1.89. The summed E-state index contributed by atoms with van der Waals surface area (Å²) in [5, 5.41) is 0. The van der Waals surface area contributed by atoms with Crippen molar-refractivity contribution in [3.05, 3.63) is 0 Å². The second-order valence-electron chi connectivity index (χ2n) is 3.42. The van der Waals surface area contributed by atoms with Gasteiger partial charge in [0.1, 0.15) is 0 Å². The van der Waals surface area contributed by atoms with Crippen LogP contribution in [0.5, 0.6) is 0 Å². The molecule has 0 aromatic heterocycles. The third-order valence-electron chi connectivity index (χ3n) is 2.05. The summed E-state index contributed by atoms with van der Waals surface area (Å²) in [4.78, 5) is 0. The molecule has 1 aliphatic heterocycles. The first-order valence-electron chi connectivity index (χ1n) is 3.19. The van der Waals surface area contributed by atoms with Gasteiger partial charge in [-0.3, -0.25) is 0 Å². The number of rotatable bonds is 0. The van der Waals surface area contributed by atoms with Crippen molar-refractivity contribution in [3.8, 4) is 0 Å². The van der Waals surface area contributed by atoms with Crippen LogP contribution in [0.3, 0.4) is 0 Å². The van der Waals surface area contributed by atoms with E-state index in [2.05, 4.69) is 0 Å². The second kappa shape index (κ2) is 2.38. The molecular formula is C6H12AsClO2. The molecule has 0 aromatic rings. The Bertz CT molecular complexity index is 131. The standard InChI is InChI=1S/C6H12AsClO2/c1-5(2)6(3,4)10-7(8)9-5/h1-4H3. The van der Waals surface area contributed by atoms with Crippen molar-refractivity contribution in [3.63, 3.8) is 0 Å². The van der Waals surface area contributed by atoms with E-state index in [9.17, 15) is 0 Å². The molecule has 1 fully saturated rings. The van der Waals surface area contributed by atoms with Gasteiger partial charge in [-0.1, -0.05) is 0 Å². The molecule has 0 bridgehead atoms. The van der Waals surface area contributed by atoms with Crippen LogP contribution in [0.25, 0.3) is 0 Å². The Balaban J connectivity index is 2.78. The van der Waals surface area contributed by atoms with Crippen molar-refractivity contribution in [2.75, 3.05) is 0 Å². The Hall–Kier alpha value is 0.768. The van der Waals surface area contributed by atoms with E-state index < -0.39 is 14.4 Å². The Morgan fingerprint density at radius 2 is 1.30 bits per heavy atom. The maximum atomic E-state index is 5.78. The summed E-state index contributed by atoms with van der Waals surface area (Å²) in [5.41, 5.74) is -0.455. The van der Waals surface area contributed by atoms with Crippen LogP contribution in [-0.4, -0.2) is 25.6 Å². The quantitative estimate of drug-likeness (QED) is 0.587. The zero-order chi connectivity index (χ0) is 7.99. The summed E-state index contributed by atoms with van der Waals surface area (Å²) in [6.07, 6.45) is 0. The molecule has 1 saturated heterocycles. The van der Waals surface area contributed by atoms with Gasteiger partial charge >= 0.3 is 70.7 Å². The van der Waals surface area contributed by atoms with Crippen LogP contribution in [0, 0.1) is 0 Å². The fourth-order valence-electron chi connectivity index (χ4n) is 0.597. The van der Waals surface area contributed by atoms with Gasteiger partial charge in [0.05, 0.1) is 0 Å². The van der Waals surface area contributed by atoms with Crippen LogP contribution >= 0.6 is 9.95 Å². The van der Waals surface area contributed by atoms with E-state index in [0.29, 0.717) is 0 Å². The van der Waals surface area contributed by atoms with E-state index >= 15 is 0 Å². The molecular weight excluding hydrogens is 214 g/mol. The topological polar surface area (TPSA) is 18.5 Å². The van der Waals surface area contributed by atoms with E-state index in [1.165, 1.54) is 0 Å². The Morgan fingerprint density at radius 1 is 1.00 bits per heavy atom. The molecule has 2 nitrogen and oxygen atoms in total. The summed E-state index contributed by atoms with van der Waals surface area (Å²) in [7, 11) is 5.78. The third-order valence-corrected chi connectivity index (χ3v) is 5.28. The van der Waals surface area contributed by atoms with E-state index in [1.54, 1.807) is 0 Å². The molecule has 0 aliphatic carbocycles. The molecule has 60 valence electrons. The Morgan fingerprint density at radius 3 is 1.40 bits per heavy atom. The Labute approximate surface area is 71.0 Å². The van der Waals surface area contributed by atoms with Crippen molar-refractivity contribution in [1.82, 2.24) is 0 Å². The van der Waals surface area contributed by atoms with Gasteiger partial charge < -0.3 is 0 Å². The summed E-state index contributed by atoms with van der Waals surface area (Å²) < 4.78 is 10.9. The van der Waals surface area contributed by atoms with Gasteiger partial charge in [-0.15, -0.1) is 0 Å². The van der Waals surface area contributed by atoms with Crippen molar-refractivity contribution >= 4 is 24.3 Å². The maximum absolute atomic E-state index is 5.78. The average Bonchev–Trinajstić information content (AvgIpc) is 1.73. The van der Waals surface area contributed by atoms with Crippen LogP contribution in [0.1, 0.15) is 27.7 Å². The van der Waals surface area contributed by atoms with Gasteiger partial charge in [0.15, 0.2) is 0 Å². The number of halogens is 1. The van der Waals surface area contributed by atoms with E-state index in [-0.39, 0.29) is 11.2 Å². The van der Waals surface area contributed by atoms with Crippen LogP contribution in [0.2, 0.25) is 0 Å².